The van der Waals surface area contributed by atoms with Gasteiger partial charge < -0.3 is 37.9 Å². The lowest BCUT2D eigenvalue weighted by molar-refractivity contribution is -0.0796. The average molecular weight is 693 g/mol. The summed E-state index contributed by atoms with van der Waals surface area (Å²) in [5.41, 5.74) is 6.51. The highest BCUT2D eigenvalue weighted by atomic mass is 16.6. The molecule has 0 aliphatic carbocycles. The van der Waals surface area contributed by atoms with Crippen molar-refractivity contribution in [2.75, 3.05) is 52.9 Å². The summed E-state index contributed by atoms with van der Waals surface area (Å²) in [6, 6.07) is 30.1. The van der Waals surface area contributed by atoms with Crippen LogP contribution in [0.1, 0.15) is 61.1 Å². The minimum Gasteiger partial charge on any atom is -0.490 e. The van der Waals surface area contributed by atoms with Gasteiger partial charge in [-0.2, -0.15) is 0 Å². The smallest absolute Gasteiger partial charge is 0.145 e. The topological polar surface area (TPSA) is 80.4 Å². The molecule has 2 unspecified atom stereocenters. The van der Waals surface area contributed by atoms with E-state index in [0.717, 1.165) is 47.3 Å². The summed E-state index contributed by atoms with van der Waals surface area (Å²) < 4.78 is 46.4. The van der Waals surface area contributed by atoms with Gasteiger partial charge >= 0.3 is 0 Å². The summed E-state index contributed by atoms with van der Waals surface area (Å²) in [6.07, 6.45) is 1.23. The molecule has 8 heteroatoms. The Labute approximate surface area is 300 Å². The van der Waals surface area contributed by atoms with E-state index >= 15 is 0 Å². The molecule has 0 saturated carbocycles. The molecule has 4 saturated heterocycles. The molecule has 4 aliphatic heterocycles. The lowest BCUT2D eigenvalue weighted by Crippen LogP contribution is -2.38. The fourth-order valence-corrected chi connectivity index (χ4v) is 6.58. The molecule has 0 amide bonds. The zero-order valence-electron chi connectivity index (χ0n) is 30.0. The molecule has 4 aromatic carbocycles. The maximum atomic E-state index is 6.41. The molecule has 268 valence electrons. The van der Waals surface area contributed by atoms with Gasteiger partial charge in [-0.25, -0.2) is 0 Å². The molecule has 0 radical (unpaired) electrons. The number of hydrogen-bond donors (Lipinski definition) is 0. The first kappa shape index (κ1) is 34.0. The molecule has 8 rings (SSSR count). The van der Waals surface area contributed by atoms with Crippen LogP contribution in [0.25, 0.3) is 0 Å². The maximum absolute atomic E-state index is 6.41. The van der Waals surface area contributed by atoms with Crippen molar-refractivity contribution in [1.82, 2.24) is 0 Å². The summed E-state index contributed by atoms with van der Waals surface area (Å²) in [5.74, 6) is 3.47. The summed E-state index contributed by atoms with van der Waals surface area (Å²) >= 11 is 0. The summed E-state index contributed by atoms with van der Waals surface area (Å²) in [7, 11) is 0. The fourth-order valence-electron chi connectivity index (χ4n) is 6.58. The van der Waals surface area contributed by atoms with E-state index in [1.54, 1.807) is 0 Å². The van der Waals surface area contributed by atoms with Gasteiger partial charge in [-0.15, -0.1) is 0 Å². The van der Waals surface area contributed by atoms with Gasteiger partial charge in [-0.1, -0.05) is 76.2 Å². The van der Waals surface area contributed by atoms with Crippen LogP contribution in [0.3, 0.4) is 0 Å². The maximum Gasteiger partial charge on any atom is 0.145 e. The van der Waals surface area contributed by atoms with E-state index in [1.807, 2.05) is 0 Å². The lowest BCUT2D eigenvalue weighted by Gasteiger charge is -2.30. The first-order valence-corrected chi connectivity index (χ1v) is 18.2. The van der Waals surface area contributed by atoms with Crippen molar-refractivity contribution in [1.29, 1.82) is 0 Å². The van der Waals surface area contributed by atoms with Crippen LogP contribution in [-0.4, -0.2) is 77.3 Å². The molecule has 4 heterocycles. The molecule has 0 N–H and O–H groups in total. The summed E-state index contributed by atoms with van der Waals surface area (Å²) in [4.78, 5) is 0. The Hall–Kier alpha value is -4.08. The van der Waals surface area contributed by atoms with E-state index in [4.69, 9.17) is 37.9 Å². The SMILES string of the molecule is CC(C)(c1ccc(OC2COC2)cc1)c1ccc(OCC2CO2)c(Cc2cc(C(C)(C)c3ccc(OC4COC4)cc3)ccc2OCC2CO2)c1. The van der Waals surface area contributed by atoms with Crippen LogP contribution >= 0.6 is 0 Å². The molecule has 4 fully saturated rings. The fraction of sp³-hybridized carbons (Fsp3) is 0.442. The number of epoxide rings is 2. The number of rotatable bonds is 16. The molecule has 0 spiro atoms. The van der Waals surface area contributed by atoms with Crippen LogP contribution in [0.2, 0.25) is 0 Å². The van der Waals surface area contributed by atoms with Crippen molar-refractivity contribution in [3.05, 3.63) is 118 Å². The van der Waals surface area contributed by atoms with Crippen molar-refractivity contribution >= 4 is 0 Å². The highest BCUT2D eigenvalue weighted by Gasteiger charge is 2.30. The third-order valence-corrected chi connectivity index (χ3v) is 10.6. The van der Waals surface area contributed by atoms with Crippen LogP contribution in [0.4, 0.5) is 0 Å². The molecule has 4 aliphatic rings. The van der Waals surface area contributed by atoms with Crippen molar-refractivity contribution in [3.63, 3.8) is 0 Å². The molecular weight excluding hydrogens is 644 g/mol. The van der Waals surface area contributed by atoms with Gasteiger partial charge in [0.25, 0.3) is 0 Å². The Morgan fingerprint density at radius 1 is 0.510 bits per heavy atom. The van der Waals surface area contributed by atoms with Crippen LogP contribution in [-0.2, 0) is 36.2 Å². The van der Waals surface area contributed by atoms with Gasteiger partial charge in [0.05, 0.1) is 39.6 Å². The zero-order valence-corrected chi connectivity index (χ0v) is 30.0. The van der Waals surface area contributed by atoms with Gasteiger partial charge in [0, 0.05) is 17.3 Å². The second-order valence-electron chi connectivity index (χ2n) is 15.2. The lowest BCUT2D eigenvalue weighted by atomic mass is 9.76. The van der Waals surface area contributed by atoms with Gasteiger partial charge in [-0.3, -0.25) is 0 Å². The predicted octanol–water partition coefficient (Wildman–Crippen LogP) is 7.04. The van der Waals surface area contributed by atoms with Crippen molar-refractivity contribution < 1.29 is 37.9 Å². The monoisotopic (exact) mass is 692 g/mol. The predicted molar refractivity (Wildman–Crippen MR) is 194 cm³/mol. The first-order chi connectivity index (χ1) is 24.7. The number of hydrogen-bond acceptors (Lipinski definition) is 8. The highest BCUT2D eigenvalue weighted by molar-refractivity contribution is 5.51. The van der Waals surface area contributed by atoms with E-state index in [1.165, 1.54) is 22.3 Å². The van der Waals surface area contributed by atoms with Crippen LogP contribution in [0.15, 0.2) is 84.9 Å². The average Bonchev–Trinajstić information content (AvgIpc) is 4.04. The molecule has 2 atom stereocenters. The van der Waals surface area contributed by atoms with Gasteiger partial charge in [0.1, 0.15) is 60.6 Å². The van der Waals surface area contributed by atoms with Crippen LogP contribution < -0.4 is 18.9 Å². The highest BCUT2D eigenvalue weighted by Crippen LogP contribution is 2.39. The number of benzene rings is 4. The molecule has 8 nitrogen and oxygen atoms in total. The Morgan fingerprint density at radius 2 is 0.882 bits per heavy atom. The first-order valence-electron chi connectivity index (χ1n) is 18.2. The molecule has 0 bridgehead atoms. The minimum atomic E-state index is -0.265. The molecule has 51 heavy (non-hydrogen) atoms. The second kappa shape index (κ2) is 14.2. The summed E-state index contributed by atoms with van der Waals surface area (Å²) in [5, 5.41) is 0. The number of ether oxygens (including phenoxy) is 8. The van der Waals surface area contributed by atoms with Gasteiger partial charge in [-0.05, 0) is 69.8 Å². The van der Waals surface area contributed by atoms with E-state index < -0.39 is 0 Å². The van der Waals surface area contributed by atoms with Crippen molar-refractivity contribution in [2.24, 2.45) is 0 Å². The van der Waals surface area contributed by atoms with E-state index in [9.17, 15) is 0 Å². The molecule has 0 aromatic heterocycles. The van der Waals surface area contributed by atoms with Gasteiger partial charge in [0.2, 0.25) is 0 Å². The standard InChI is InChI=1S/C43H48O8/c1-42(2,30-5-11-34(12-6-30)50-38-20-44-21-38)32-9-15-40(48-26-36-24-46-36)28(18-32)17-29-19-33(10-16-41(29)49-27-37-25-47-37)43(3,4)31-7-13-35(14-8-31)51-39-22-45-23-39/h5-16,18-19,36-39H,17,20-27H2,1-4H3. The Kier molecular flexibility index (Phi) is 9.44. The minimum absolute atomic E-state index is 0.141. The van der Waals surface area contributed by atoms with Crippen LogP contribution in [0, 0.1) is 0 Å². The second-order valence-corrected chi connectivity index (χ2v) is 15.2. The third-order valence-electron chi connectivity index (χ3n) is 10.6. The quantitative estimate of drug-likeness (QED) is 0.116. The van der Waals surface area contributed by atoms with Crippen molar-refractivity contribution in [2.45, 2.75) is 69.4 Å². The van der Waals surface area contributed by atoms with Crippen molar-refractivity contribution in [3.8, 4) is 23.0 Å². The van der Waals surface area contributed by atoms with E-state index in [0.29, 0.717) is 46.1 Å². The molecule has 4 aromatic rings. The largest absolute Gasteiger partial charge is 0.490 e. The normalized spacial score (nSPS) is 20.2. The molecular formula is C43H48O8. The zero-order chi connectivity index (χ0) is 35.0. The third kappa shape index (κ3) is 7.90. The van der Waals surface area contributed by atoms with Gasteiger partial charge in [0.15, 0.2) is 0 Å². The Balaban J connectivity index is 1.09. The van der Waals surface area contributed by atoms with E-state index in [-0.39, 0.29) is 35.2 Å². The Bertz CT molecular complexity index is 1670. The summed E-state index contributed by atoms with van der Waals surface area (Å²) in [6.45, 7) is 14.2. The van der Waals surface area contributed by atoms with Crippen LogP contribution in [0.5, 0.6) is 23.0 Å². The van der Waals surface area contributed by atoms with E-state index in [2.05, 4.69) is 113 Å². The Morgan fingerprint density at radius 3 is 1.22 bits per heavy atom.